The topological polar surface area (TPSA) is 80.8 Å². The van der Waals surface area contributed by atoms with Gasteiger partial charge in [0, 0.05) is 0 Å². The van der Waals surface area contributed by atoms with Crippen molar-refractivity contribution in [1.82, 2.24) is 15.0 Å². The van der Waals surface area contributed by atoms with Crippen molar-refractivity contribution in [2.24, 2.45) is 0 Å². The lowest BCUT2D eigenvalue weighted by molar-refractivity contribution is 0.0601. The molecular formula is C14H14N4O2. The average Bonchev–Trinajstić information content (AvgIpc) is 2.90. The molecule has 2 aromatic rings. The van der Waals surface area contributed by atoms with E-state index in [0.29, 0.717) is 11.3 Å². The number of esters is 1. The number of nitrogens with zero attached hydrogens (tertiary/aromatic N) is 4. The number of benzene rings is 1. The minimum Gasteiger partial charge on any atom is -0.465 e. The molecule has 0 N–H and O–H groups in total. The van der Waals surface area contributed by atoms with Crippen molar-refractivity contribution in [1.29, 1.82) is 5.26 Å². The van der Waals surface area contributed by atoms with E-state index in [9.17, 15) is 4.79 Å². The number of carbonyl (C=O) groups excluding carboxylic acids is 1. The highest BCUT2D eigenvalue weighted by molar-refractivity contribution is 5.89. The fourth-order valence-corrected chi connectivity index (χ4v) is 1.93. The minimum absolute atomic E-state index is 0.111. The smallest absolute Gasteiger partial charge is 0.337 e. The summed E-state index contributed by atoms with van der Waals surface area (Å²) in [5.74, 6) is -0.281. The van der Waals surface area contributed by atoms with Crippen LogP contribution in [0.5, 0.6) is 0 Å². The Hall–Kier alpha value is -2.68. The van der Waals surface area contributed by atoms with Crippen molar-refractivity contribution < 1.29 is 9.53 Å². The Kier molecular flexibility index (Phi) is 3.80. The van der Waals surface area contributed by atoms with E-state index < -0.39 is 5.97 Å². The fourth-order valence-electron chi connectivity index (χ4n) is 1.93. The van der Waals surface area contributed by atoms with Crippen molar-refractivity contribution in [2.45, 2.75) is 19.8 Å². The van der Waals surface area contributed by atoms with Gasteiger partial charge in [0.15, 0.2) is 5.69 Å². The number of nitriles is 1. The predicted octanol–water partition coefficient (Wildman–Crippen LogP) is 2.05. The van der Waals surface area contributed by atoms with Gasteiger partial charge >= 0.3 is 5.97 Å². The fraction of sp³-hybridized carbons (Fsp3) is 0.286. The molecule has 0 aliphatic rings. The molecule has 0 radical (unpaired) electrons. The molecule has 0 fully saturated rings. The Morgan fingerprint density at radius 3 is 2.50 bits per heavy atom. The van der Waals surface area contributed by atoms with Crippen molar-refractivity contribution in [3.63, 3.8) is 0 Å². The standard InChI is InChI=1S/C14H14N4O2/c1-9(2)13-12(8-15)16-17-18(13)11-6-4-10(5-7-11)14(19)20-3/h4-7,9H,1-3H3. The van der Waals surface area contributed by atoms with E-state index in [1.165, 1.54) is 7.11 Å². The molecule has 6 nitrogen and oxygen atoms in total. The third-order valence-corrected chi connectivity index (χ3v) is 2.89. The Morgan fingerprint density at radius 1 is 1.35 bits per heavy atom. The largest absolute Gasteiger partial charge is 0.465 e. The van der Waals surface area contributed by atoms with Gasteiger partial charge in [-0.1, -0.05) is 19.1 Å². The molecule has 20 heavy (non-hydrogen) atoms. The van der Waals surface area contributed by atoms with Gasteiger partial charge in [0.05, 0.1) is 24.1 Å². The highest BCUT2D eigenvalue weighted by Gasteiger charge is 2.17. The summed E-state index contributed by atoms with van der Waals surface area (Å²) < 4.78 is 6.26. The van der Waals surface area contributed by atoms with Crippen LogP contribution in [0.1, 0.15) is 41.5 Å². The van der Waals surface area contributed by atoms with E-state index in [0.717, 1.165) is 11.4 Å². The first kappa shape index (κ1) is 13.7. The molecule has 0 atom stereocenters. The summed E-state index contributed by atoms with van der Waals surface area (Å²) in [5.41, 5.74) is 2.27. The normalized spacial score (nSPS) is 10.3. The van der Waals surface area contributed by atoms with E-state index in [1.54, 1.807) is 28.9 Å². The summed E-state index contributed by atoms with van der Waals surface area (Å²) in [6.07, 6.45) is 0. The van der Waals surface area contributed by atoms with Crippen molar-refractivity contribution in [3.8, 4) is 11.8 Å². The number of ether oxygens (including phenoxy) is 1. The molecule has 0 saturated heterocycles. The highest BCUT2D eigenvalue weighted by Crippen LogP contribution is 2.21. The molecule has 2 rings (SSSR count). The number of hydrogen-bond donors (Lipinski definition) is 0. The molecule has 1 heterocycles. The van der Waals surface area contributed by atoms with Crippen LogP contribution in [0.4, 0.5) is 0 Å². The summed E-state index contributed by atoms with van der Waals surface area (Å²) in [6, 6.07) is 8.83. The van der Waals surface area contributed by atoms with E-state index in [2.05, 4.69) is 15.0 Å². The molecule has 0 saturated carbocycles. The zero-order valence-corrected chi connectivity index (χ0v) is 11.5. The van der Waals surface area contributed by atoms with Crippen LogP contribution in [-0.4, -0.2) is 28.1 Å². The van der Waals surface area contributed by atoms with Crippen molar-refractivity contribution >= 4 is 5.97 Å². The lowest BCUT2D eigenvalue weighted by Gasteiger charge is -2.09. The summed E-state index contributed by atoms with van der Waals surface area (Å²) in [4.78, 5) is 11.4. The summed E-state index contributed by atoms with van der Waals surface area (Å²) in [7, 11) is 1.34. The molecule has 0 spiro atoms. The highest BCUT2D eigenvalue weighted by atomic mass is 16.5. The molecule has 0 aliphatic carbocycles. The maximum Gasteiger partial charge on any atom is 0.337 e. The first-order valence-corrected chi connectivity index (χ1v) is 6.13. The Bertz CT molecular complexity index is 665. The van der Waals surface area contributed by atoms with Crippen LogP contribution >= 0.6 is 0 Å². The second-order valence-corrected chi connectivity index (χ2v) is 4.54. The SMILES string of the molecule is COC(=O)c1ccc(-n2nnc(C#N)c2C(C)C)cc1. The van der Waals surface area contributed by atoms with E-state index in [4.69, 9.17) is 5.26 Å². The third kappa shape index (κ3) is 2.38. The molecule has 6 heteroatoms. The summed E-state index contributed by atoms with van der Waals surface area (Å²) >= 11 is 0. The van der Waals surface area contributed by atoms with Gasteiger partial charge in [-0.05, 0) is 30.2 Å². The molecular weight excluding hydrogens is 256 g/mol. The average molecular weight is 270 g/mol. The summed E-state index contributed by atoms with van der Waals surface area (Å²) in [5, 5.41) is 16.9. The van der Waals surface area contributed by atoms with Gasteiger partial charge in [0.1, 0.15) is 6.07 Å². The van der Waals surface area contributed by atoms with E-state index >= 15 is 0 Å². The minimum atomic E-state index is -0.392. The van der Waals surface area contributed by atoms with Crippen LogP contribution in [-0.2, 0) is 4.74 Å². The number of methoxy groups -OCH3 is 1. The lowest BCUT2D eigenvalue weighted by atomic mass is 10.1. The molecule has 0 bridgehead atoms. The zero-order valence-electron chi connectivity index (χ0n) is 11.5. The number of rotatable bonds is 3. The van der Waals surface area contributed by atoms with E-state index in [1.807, 2.05) is 19.9 Å². The molecule has 1 aromatic carbocycles. The maximum atomic E-state index is 11.4. The molecule has 0 aliphatic heterocycles. The van der Waals surface area contributed by atoms with Crippen LogP contribution in [0, 0.1) is 11.3 Å². The van der Waals surface area contributed by atoms with Gasteiger partial charge in [0.25, 0.3) is 0 Å². The quantitative estimate of drug-likeness (QED) is 0.797. The molecule has 1 aromatic heterocycles. The predicted molar refractivity (Wildman–Crippen MR) is 71.5 cm³/mol. The zero-order chi connectivity index (χ0) is 14.7. The van der Waals surface area contributed by atoms with Gasteiger partial charge < -0.3 is 4.74 Å². The maximum absolute atomic E-state index is 11.4. The van der Waals surface area contributed by atoms with E-state index in [-0.39, 0.29) is 5.92 Å². The van der Waals surface area contributed by atoms with Crippen molar-refractivity contribution in [3.05, 3.63) is 41.2 Å². The van der Waals surface area contributed by atoms with Crippen LogP contribution in [0.15, 0.2) is 24.3 Å². The van der Waals surface area contributed by atoms with Gasteiger partial charge in [-0.15, -0.1) is 5.10 Å². The van der Waals surface area contributed by atoms with Gasteiger partial charge in [0.2, 0.25) is 0 Å². The molecule has 102 valence electrons. The van der Waals surface area contributed by atoms with Gasteiger partial charge in [-0.2, -0.15) is 5.26 Å². The van der Waals surface area contributed by atoms with Crippen LogP contribution in [0.25, 0.3) is 5.69 Å². The Morgan fingerprint density at radius 2 is 2.00 bits per heavy atom. The molecule has 0 unspecified atom stereocenters. The van der Waals surface area contributed by atoms with Crippen LogP contribution in [0.3, 0.4) is 0 Å². The second-order valence-electron chi connectivity index (χ2n) is 4.54. The van der Waals surface area contributed by atoms with Crippen molar-refractivity contribution in [2.75, 3.05) is 7.11 Å². The Labute approximate surface area is 116 Å². The lowest BCUT2D eigenvalue weighted by Crippen LogP contribution is -2.06. The summed E-state index contributed by atoms with van der Waals surface area (Å²) in [6.45, 7) is 3.94. The van der Waals surface area contributed by atoms with Crippen LogP contribution in [0.2, 0.25) is 0 Å². The van der Waals surface area contributed by atoms with Crippen LogP contribution < -0.4 is 0 Å². The monoisotopic (exact) mass is 270 g/mol. The van der Waals surface area contributed by atoms with Gasteiger partial charge in [-0.3, -0.25) is 0 Å². The first-order valence-electron chi connectivity index (χ1n) is 6.13. The first-order chi connectivity index (χ1) is 9.58. The second kappa shape index (κ2) is 5.53. The number of aromatic nitrogens is 3. The molecule has 0 amide bonds. The number of carbonyl (C=O) groups is 1. The third-order valence-electron chi connectivity index (χ3n) is 2.89. The van der Waals surface area contributed by atoms with Gasteiger partial charge in [-0.25, -0.2) is 9.48 Å². The number of hydrogen-bond acceptors (Lipinski definition) is 5. The Balaban J connectivity index is 2.45.